The molecular weight excluding hydrogens is 408 g/mol. The molecule has 9 heteroatoms. The third-order valence-electron chi connectivity index (χ3n) is 5.66. The van der Waals surface area contributed by atoms with Gasteiger partial charge in [-0.2, -0.15) is 0 Å². The molecule has 31 heavy (non-hydrogen) atoms. The Morgan fingerprint density at radius 3 is 2.55 bits per heavy atom. The van der Waals surface area contributed by atoms with Gasteiger partial charge in [0.1, 0.15) is 42.0 Å². The Labute approximate surface area is 179 Å². The summed E-state index contributed by atoms with van der Waals surface area (Å²) >= 11 is 0. The average molecular weight is 434 g/mol. The first-order chi connectivity index (χ1) is 14.9. The van der Waals surface area contributed by atoms with Crippen LogP contribution in [0.3, 0.4) is 0 Å². The molecule has 2 aliphatic heterocycles. The number of phenolic OH excluding ortho intramolecular Hbond substituents is 1. The van der Waals surface area contributed by atoms with Crippen LogP contribution in [0.15, 0.2) is 36.4 Å². The SMILES string of the molecule is COc1ccc([C@@H]2CCc3ccc(O[C@@H]4O[C@H](CO)[C@@H](O)[C@H](O)[C@H]4O)cc3O2)cc1O. The van der Waals surface area contributed by atoms with Crippen molar-refractivity contribution >= 4 is 0 Å². The summed E-state index contributed by atoms with van der Waals surface area (Å²) in [4.78, 5) is 0. The van der Waals surface area contributed by atoms with Gasteiger partial charge in [-0.1, -0.05) is 12.1 Å². The van der Waals surface area contributed by atoms with E-state index in [0.29, 0.717) is 17.2 Å². The number of rotatable bonds is 5. The van der Waals surface area contributed by atoms with E-state index in [2.05, 4.69) is 0 Å². The van der Waals surface area contributed by atoms with Gasteiger partial charge in [0.25, 0.3) is 0 Å². The lowest BCUT2D eigenvalue weighted by molar-refractivity contribution is -0.277. The normalized spacial score (nSPS) is 30.2. The maximum Gasteiger partial charge on any atom is 0.229 e. The Hall–Kier alpha value is -2.56. The van der Waals surface area contributed by atoms with Crippen LogP contribution in [0.2, 0.25) is 0 Å². The number of benzene rings is 2. The first kappa shape index (κ1) is 21.7. The molecule has 168 valence electrons. The topological polar surface area (TPSA) is 138 Å². The molecule has 0 unspecified atom stereocenters. The maximum atomic E-state index is 10.2. The molecule has 2 aromatic rings. The molecule has 0 radical (unpaired) electrons. The van der Waals surface area contributed by atoms with Crippen molar-refractivity contribution in [2.75, 3.05) is 13.7 Å². The number of hydrogen-bond acceptors (Lipinski definition) is 9. The zero-order valence-corrected chi connectivity index (χ0v) is 16.9. The molecule has 0 saturated carbocycles. The van der Waals surface area contributed by atoms with Gasteiger partial charge in [-0.05, 0) is 42.2 Å². The highest BCUT2D eigenvalue weighted by Crippen LogP contribution is 2.39. The van der Waals surface area contributed by atoms with Gasteiger partial charge in [0, 0.05) is 6.07 Å². The second kappa shape index (κ2) is 8.89. The highest BCUT2D eigenvalue weighted by Gasteiger charge is 2.44. The molecule has 2 aromatic carbocycles. The standard InChI is InChI=1S/C22H26O9/c1-28-16-7-4-12(8-14(16)24)15-6-3-11-2-5-13(9-17(11)30-15)29-22-21(27)20(26)19(25)18(10-23)31-22/h2,4-5,7-9,15,18-27H,3,6,10H2,1H3/t15-,18+,19+,20-,21+,22+/m0/s1. The van der Waals surface area contributed by atoms with E-state index in [4.69, 9.17) is 18.9 Å². The molecule has 0 bridgehead atoms. The molecule has 1 saturated heterocycles. The zero-order valence-electron chi connectivity index (χ0n) is 16.9. The number of methoxy groups -OCH3 is 1. The summed E-state index contributed by atoms with van der Waals surface area (Å²) in [5.74, 6) is 1.35. The number of phenols is 1. The fraction of sp³-hybridized carbons (Fsp3) is 0.455. The second-order valence-electron chi connectivity index (χ2n) is 7.66. The first-order valence-corrected chi connectivity index (χ1v) is 10.0. The van der Waals surface area contributed by atoms with E-state index >= 15 is 0 Å². The number of aromatic hydroxyl groups is 1. The van der Waals surface area contributed by atoms with Crippen molar-refractivity contribution in [1.82, 2.24) is 0 Å². The smallest absolute Gasteiger partial charge is 0.229 e. The Morgan fingerprint density at radius 1 is 1.03 bits per heavy atom. The summed E-state index contributed by atoms with van der Waals surface area (Å²) in [5.41, 5.74) is 1.79. The van der Waals surface area contributed by atoms with Crippen molar-refractivity contribution in [3.05, 3.63) is 47.5 Å². The van der Waals surface area contributed by atoms with Crippen LogP contribution in [-0.4, -0.2) is 70.0 Å². The van der Waals surface area contributed by atoms with Crippen LogP contribution in [0, 0.1) is 0 Å². The highest BCUT2D eigenvalue weighted by atomic mass is 16.7. The lowest BCUT2D eigenvalue weighted by Gasteiger charge is -2.39. The molecular formula is C22H26O9. The van der Waals surface area contributed by atoms with E-state index in [0.717, 1.165) is 24.0 Å². The van der Waals surface area contributed by atoms with Gasteiger partial charge in [0.15, 0.2) is 11.5 Å². The molecule has 9 nitrogen and oxygen atoms in total. The average Bonchev–Trinajstić information content (AvgIpc) is 2.78. The lowest BCUT2D eigenvalue weighted by atomic mass is 9.97. The molecule has 2 heterocycles. The number of aliphatic hydroxyl groups excluding tert-OH is 4. The summed E-state index contributed by atoms with van der Waals surface area (Å²) in [5, 5.41) is 49.4. The van der Waals surface area contributed by atoms with Crippen LogP contribution in [0.25, 0.3) is 0 Å². The number of hydrogen-bond donors (Lipinski definition) is 5. The molecule has 4 rings (SSSR count). The molecule has 2 aliphatic rings. The lowest BCUT2D eigenvalue weighted by Crippen LogP contribution is -2.60. The van der Waals surface area contributed by atoms with Crippen molar-refractivity contribution in [1.29, 1.82) is 0 Å². The summed E-state index contributed by atoms with van der Waals surface area (Å²) in [6.07, 6.45) is -5.57. The van der Waals surface area contributed by atoms with E-state index in [1.807, 2.05) is 12.1 Å². The summed E-state index contributed by atoms with van der Waals surface area (Å²) in [6, 6.07) is 10.3. The summed E-state index contributed by atoms with van der Waals surface area (Å²) in [6.45, 7) is -0.533. The number of fused-ring (bicyclic) bond motifs is 1. The van der Waals surface area contributed by atoms with Crippen molar-refractivity contribution in [3.8, 4) is 23.0 Å². The number of ether oxygens (including phenoxy) is 4. The van der Waals surface area contributed by atoms with Crippen LogP contribution in [0.5, 0.6) is 23.0 Å². The minimum Gasteiger partial charge on any atom is -0.504 e. The van der Waals surface area contributed by atoms with Crippen molar-refractivity contribution in [2.24, 2.45) is 0 Å². The Morgan fingerprint density at radius 2 is 1.84 bits per heavy atom. The van der Waals surface area contributed by atoms with Gasteiger partial charge in [-0.3, -0.25) is 0 Å². The predicted molar refractivity (Wildman–Crippen MR) is 107 cm³/mol. The molecule has 0 amide bonds. The van der Waals surface area contributed by atoms with Gasteiger partial charge in [-0.15, -0.1) is 0 Å². The van der Waals surface area contributed by atoms with Gasteiger partial charge >= 0.3 is 0 Å². The third-order valence-corrected chi connectivity index (χ3v) is 5.66. The summed E-state index contributed by atoms with van der Waals surface area (Å²) in [7, 11) is 1.49. The molecule has 0 aromatic heterocycles. The number of aryl methyl sites for hydroxylation is 1. The molecule has 5 N–H and O–H groups in total. The maximum absolute atomic E-state index is 10.2. The summed E-state index contributed by atoms with van der Waals surface area (Å²) < 4.78 is 22.3. The van der Waals surface area contributed by atoms with Crippen LogP contribution in [0.4, 0.5) is 0 Å². The van der Waals surface area contributed by atoms with Crippen molar-refractivity contribution < 1.29 is 44.5 Å². The quantitative estimate of drug-likeness (QED) is 0.459. The Balaban J connectivity index is 1.50. The third kappa shape index (κ3) is 4.28. The fourth-order valence-corrected chi connectivity index (χ4v) is 3.86. The van der Waals surface area contributed by atoms with Gasteiger partial charge in [-0.25, -0.2) is 0 Å². The van der Waals surface area contributed by atoms with Gasteiger partial charge in [0.05, 0.1) is 13.7 Å². The predicted octanol–water partition coefficient (Wildman–Crippen LogP) is 0.646. The van der Waals surface area contributed by atoms with Crippen LogP contribution >= 0.6 is 0 Å². The minimum atomic E-state index is -1.52. The van der Waals surface area contributed by atoms with E-state index in [1.54, 1.807) is 24.3 Å². The highest BCUT2D eigenvalue weighted by molar-refractivity contribution is 5.45. The van der Waals surface area contributed by atoms with Crippen LogP contribution in [0.1, 0.15) is 23.7 Å². The van der Waals surface area contributed by atoms with Crippen LogP contribution in [-0.2, 0) is 11.2 Å². The Bertz CT molecular complexity index is 916. The van der Waals surface area contributed by atoms with Crippen LogP contribution < -0.4 is 14.2 Å². The van der Waals surface area contributed by atoms with E-state index < -0.39 is 37.3 Å². The van der Waals surface area contributed by atoms with Gasteiger partial charge < -0.3 is 44.5 Å². The first-order valence-electron chi connectivity index (χ1n) is 10.0. The van der Waals surface area contributed by atoms with E-state index in [1.165, 1.54) is 7.11 Å². The number of aliphatic hydroxyl groups is 4. The monoisotopic (exact) mass is 434 g/mol. The Kier molecular flexibility index (Phi) is 6.22. The van der Waals surface area contributed by atoms with Crippen molar-refractivity contribution in [3.63, 3.8) is 0 Å². The van der Waals surface area contributed by atoms with Crippen molar-refractivity contribution in [2.45, 2.75) is 49.7 Å². The zero-order chi connectivity index (χ0) is 22.1. The molecule has 0 spiro atoms. The molecule has 0 aliphatic carbocycles. The van der Waals surface area contributed by atoms with E-state index in [-0.39, 0.29) is 11.9 Å². The van der Waals surface area contributed by atoms with E-state index in [9.17, 15) is 25.5 Å². The minimum absolute atomic E-state index is 0.0362. The fourth-order valence-electron chi connectivity index (χ4n) is 3.86. The van der Waals surface area contributed by atoms with Gasteiger partial charge in [0.2, 0.25) is 6.29 Å². The largest absolute Gasteiger partial charge is 0.504 e. The second-order valence-corrected chi connectivity index (χ2v) is 7.66. The molecule has 6 atom stereocenters. The molecule has 1 fully saturated rings.